The lowest BCUT2D eigenvalue weighted by molar-refractivity contribution is -0.146. The molecule has 11 heteroatoms. The summed E-state index contributed by atoms with van der Waals surface area (Å²) in [7, 11) is 1.45. The summed E-state index contributed by atoms with van der Waals surface area (Å²) in [6.07, 6.45) is 0.308. The number of nitrogens with zero attached hydrogens (tertiary/aromatic N) is 1. The van der Waals surface area contributed by atoms with E-state index >= 15 is 0 Å². The Kier molecular flexibility index (Phi) is 10.6. The average molecular weight is 582 g/mol. The minimum Gasteiger partial charge on any atom is -0.508 e. The van der Waals surface area contributed by atoms with Crippen molar-refractivity contribution in [3.63, 3.8) is 0 Å². The number of nitrogens with one attached hydrogen (secondary N) is 2. The maximum Gasteiger partial charge on any atom is 0.408 e. The monoisotopic (exact) mass is 581 g/mol. The van der Waals surface area contributed by atoms with Gasteiger partial charge >= 0.3 is 18.2 Å². The van der Waals surface area contributed by atoms with Crippen LogP contribution in [-0.2, 0) is 43.2 Å². The highest BCUT2D eigenvalue weighted by atomic mass is 16.6. The van der Waals surface area contributed by atoms with E-state index in [4.69, 9.17) is 14.2 Å². The molecule has 1 aliphatic rings. The van der Waals surface area contributed by atoms with E-state index in [0.717, 1.165) is 11.1 Å². The van der Waals surface area contributed by atoms with Crippen LogP contribution in [0.2, 0.25) is 0 Å². The number of amides is 3. The number of hydrogen-bond acceptors (Lipinski definition) is 8. The molecule has 2 aromatic rings. The number of phenolic OH excluding ortho intramolecular Hbond substituents is 1. The van der Waals surface area contributed by atoms with Crippen LogP contribution in [0.25, 0.3) is 0 Å². The predicted octanol–water partition coefficient (Wildman–Crippen LogP) is 3.63. The number of fused-ring (bicyclic) bond motifs is 1. The number of benzene rings is 2. The number of carbonyl (C=O) groups is 4. The van der Waals surface area contributed by atoms with Crippen molar-refractivity contribution < 1.29 is 38.5 Å². The molecule has 0 radical (unpaired) electrons. The highest BCUT2D eigenvalue weighted by Crippen LogP contribution is 2.35. The fourth-order valence-electron chi connectivity index (χ4n) is 4.69. The Balaban J connectivity index is 1.82. The van der Waals surface area contributed by atoms with Gasteiger partial charge in [-0.3, -0.25) is 4.79 Å². The summed E-state index contributed by atoms with van der Waals surface area (Å²) in [5.41, 5.74) is -0.167. The van der Waals surface area contributed by atoms with E-state index in [-0.39, 0.29) is 38.3 Å². The largest absolute Gasteiger partial charge is 0.508 e. The molecule has 0 unspecified atom stereocenters. The SMILES string of the molecule is C=CCOC(=O)[C@H](CN(C)C(=O)[C@]1(NC(=O)OC(C)(C)C)CCc2cccc(O)c2C1)NC(=O)OCc1ccccc1. The lowest BCUT2D eigenvalue weighted by Gasteiger charge is -2.40. The number of carbonyl (C=O) groups excluding carboxylic acids is 4. The van der Waals surface area contributed by atoms with E-state index in [1.54, 1.807) is 51.1 Å². The number of esters is 1. The minimum absolute atomic E-state index is 0.00442. The quantitative estimate of drug-likeness (QED) is 0.219. The van der Waals surface area contributed by atoms with Crippen molar-refractivity contribution in [3.8, 4) is 5.75 Å². The fraction of sp³-hybridized carbons (Fsp3) is 0.419. The molecule has 2 aromatic carbocycles. The topological polar surface area (TPSA) is 144 Å². The Hall–Kier alpha value is -4.54. The number of aromatic hydroxyl groups is 1. The molecule has 0 bridgehead atoms. The molecular weight excluding hydrogens is 542 g/mol. The van der Waals surface area contributed by atoms with Crippen LogP contribution < -0.4 is 10.6 Å². The van der Waals surface area contributed by atoms with Gasteiger partial charge in [-0.2, -0.15) is 0 Å². The molecular formula is C31H39N3O8. The van der Waals surface area contributed by atoms with Gasteiger partial charge in [0.15, 0.2) is 0 Å². The Morgan fingerprint density at radius 2 is 1.79 bits per heavy atom. The molecule has 3 N–H and O–H groups in total. The Labute approximate surface area is 245 Å². The summed E-state index contributed by atoms with van der Waals surface area (Å²) >= 11 is 0. The third kappa shape index (κ3) is 8.73. The highest BCUT2D eigenvalue weighted by molar-refractivity contribution is 5.91. The van der Waals surface area contributed by atoms with Gasteiger partial charge in [-0.05, 0) is 56.4 Å². The second-order valence-electron chi connectivity index (χ2n) is 11.2. The van der Waals surface area contributed by atoms with Crippen LogP contribution >= 0.6 is 0 Å². The zero-order valence-electron chi connectivity index (χ0n) is 24.5. The van der Waals surface area contributed by atoms with Crippen LogP contribution in [0.1, 0.15) is 43.9 Å². The van der Waals surface area contributed by atoms with Crippen LogP contribution in [0, 0.1) is 0 Å². The van der Waals surface area contributed by atoms with E-state index in [1.165, 1.54) is 24.1 Å². The van der Waals surface area contributed by atoms with Gasteiger partial charge in [0.2, 0.25) is 5.91 Å². The fourth-order valence-corrected chi connectivity index (χ4v) is 4.69. The van der Waals surface area contributed by atoms with Crippen molar-refractivity contribution in [2.45, 2.75) is 63.8 Å². The Morgan fingerprint density at radius 1 is 1.07 bits per heavy atom. The van der Waals surface area contributed by atoms with E-state index < -0.39 is 41.2 Å². The summed E-state index contributed by atoms with van der Waals surface area (Å²) in [4.78, 5) is 53.7. The molecule has 226 valence electrons. The first kappa shape index (κ1) is 32.0. The minimum atomic E-state index is -1.49. The summed E-state index contributed by atoms with van der Waals surface area (Å²) in [6.45, 7) is 8.22. The van der Waals surface area contributed by atoms with Gasteiger partial charge in [0, 0.05) is 13.5 Å². The zero-order valence-corrected chi connectivity index (χ0v) is 24.5. The van der Waals surface area contributed by atoms with Gasteiger partial charge in [-0.15, -0.1) is 0 Å². The third-order valence-corrected chi connectivity index (χ3v) is 6.63. The number of ether oxygens (including phenoxy) is 3. The number of phenols is 1. The van der Waals surface area contributed by atoms with Gasteiger partial charge in [0.05, 0.1) is 6.54 Å². The molecule has 0 heterocycles. The predicted molar refractivity (Wildman–Crippen MR) is 155 cm³/mol. The number of rotatable bonds is 10. The maximum absolute atomic E-state index is 14.1. The second kappa shape index (κ2) is 13.9. The molecule has 0 aliphatic heterocycles. The molecule has 1 aliphatic carbocycles. The van der Waals surface area contributed by atoms with E-state index in [0.29, 0.717) is 12.0 Å². The van der Waals surface area contributed by atoms with Crippen molar-refractivity contribution in [1.82, 2.24) is 15.5 Å². The summed E-state index contributed by atoms with van der Waals surface area (Å²) in [5, 5.41) is 15.8. The number of alkyl carbamates (subject to hydrolysis) is 2. The summed E-state index contributed by atoms with van der Waals surface area (Å²) < 4.78 is 15.9. The standard InChI is InChI=1S/C31H39N3O8/c1-6-17-40-26(36)24(32-28(38)41-20-21-11-8-7-9-12-21)19-34(5)27(37)31(33-29(39)42-30(2,3)4)16-15-22-13-10-14-25(35)23(22)18-31/h6-14,24,35H,1,15-20H2,2-5H3,(H,32,38)(H,33,39)/t24-,31-/m0/s1. The first-order valence-corrected chi connectivity index (χ1v) is 13.6. The van der Waals surface area contributed by atoms with E-state index in [2.05, 4.69) is 17.2 Å². The molecule has 3 amide bonds. The van der Waals surface area contributed by atoms with Gasteiger partial charge < -0.3 is 34.9 Å². The third-order valence-electron chi connectivity index (χ3n) is 6.63. The second-order valence-corrected chi connectivity index (χ2v) is 11.2. The van der Waals surface area contributed by atoms with Crippen LogP contribution in [0.3, 0.4) is 0 Å². The van der Waals surface area contributed by atoms with Crippen molar-refractivity contribution in [2.75, 3.05) is 20.2 Å². The molecule has 11 nitrogen and oxygen atoms in total. The van der Waals surface area contributed by atoms with Crippen molar-refractivity contribution in [3.05, 3.63) is 77.9 Å². The molecule has 42 heavy (non-hydrogen) atoms. The van der Waals surface area contributed by atoms with Gasteiger partial charge in [-0.25, -0.2) is 14.4 Å². The van der Waals surface area contributed by atoms with Crippen molar-refractivity contribution in [1.29, 1.82) is 0 Å². The zero-order chi connectivity index (χ0) is 30.9. The first-order chi connectivity index (χ1) is 19.8. The molecule has 0 spiro atoms. The Morgan fingerprint density at radius 3 is 2.45 bits per heavy atom. The summed E-state index contributed by atoms with van der Waals surface area (Å²) in [5.74, 6) is -1.33. The average Bonchev–Trinajstić information content (AvgIpc) is 2.94. The molecule has 0 aromatic heterocycles. The van der Waals surface area contributed by atoms with Crippen molar-refractivity contribution >= 4 is 24.1 Å². The first-order valence-electron chi connectivity index (χ1n) is 13.6. The van der Waals surface area contributed by atoms with E-state index in [9.17, 15) is 24.3 Å². The molecule has 0 saturated heterocycles. The molecule has 0 fully saturated rings. The van der Waals surface area contributed by atoms with Gasteiger partial charge in [0.1, 0.15) is 36.1 Å². The highest BCUT2D eigenvalue weighted by Gasteiger charge is 2.46. The van der Waals surface area contributed by atoms with Crippen LogP contribution in [-0.4, -0.2) is 71.5 Å². The lowest BCUT2D eigenvalue weighted by atomic mass is 9.76. The van der Waals surface area contributed by atoms with Gasteiger partial charge in [-0.1, -0.05) is 55.1 Å². The lowest BCUT2D eigenvalue weighted by Crippen LogP contribution is -2.63. The van der Waals surface area contributed by atoms with E-state index in [1.807, 2.05) is 12.1 Å². The Bertz CT molecular complexity index is 1290. The number of likely N-dealkylation sites (N-methyl/N-ethyl adjacent to an activating group) is 1. The normalized spacial score (nSPS) is 16.7. The maximum atomic E-state index is 14.1. The van der Waals surface area contributed by atoms with Crippen LogP contribution in [0.15, 0.2) is 61.2 Å². The summed E-state index contributed by atoms with van der Waals surface area (Å²) in [6, 6.07) is 12.8. The smallest absolute Gasteiger partial charge is 0.408 e. The van der Waals surface area contributed by atoms with Crippen LogP contribution in [0.4, 0.5) is 9.59 Å². The number of aryl methyl sites for hydroxylation is 1. The van der Waals surface area contributed by atoms with Crippen molar-refractivity contribution in [2.24, 2.45) is 0 Å². The molecule has 0 saturated carbocycles. The molecule has 2 atom stereocenters. The number of hydrogen-bond donors (Lipinski definition) is 3. The van der Waals surface area contributed by atoms with Gasteiger partial charge in [0.25, 0.3) is 0 Å². The molecule has 3 rings (SSSR count). The van der Waals surface area contributed by atoms with Crippen LogP contribution in [0.5, 0.6) is 5.75 Å².